The highest BCUT2D eigenvalue weighted by Crippen LogP contribution is 2.02. The van der Waals surface area contributed by atoms with Crippen LogP contribution in [0.5, 0.6) is 0 Å². The standard InChI is InChI=1S/C12H19N5O2/c1-4-16(5-2)6-7-17-10-9(15(3)8-13-10)11(18)14-12(17)19/h8H,4-7H2,1-3H3,(H,14,18,19)/p+1. The number of rotatable bonds is 5. The Bertz CT molecular complexity index is 677. The van der Waals surface area contributed by atoms with E-state index in [1.54, 1.807) is 22.5 Å². The van der Waals surface area contributed by atoms with Crippen molar-refractivity contribution in [3.8, 4) is 0 Å². The number of nitrogens with zero attached hydrogens (tertiary/aromatic N) is 3. The van der Waals surface area contributed by atoms with Gasteiger partial charge < -0.3 is 9.47 Å². The molecule has 0 amide bonds. The summed E-state index contributed by atoms with van der Waals surface area (Å²) in [4.78, 5) is 31.6. The molecule has 0 saturated heterocycles. The first-order valence-corrected chi connectivity index (χ1v) is 6.56. The molecule has 2 aromatic rings. The van der Waals surface area contributed by atoms with Crippen LogP contribution >= 0.6 is 0 Å². The molecule has 0 saturated carbocycles. The Balaban J connectivity index is 2.43. The Kier molecular flexibility index (Phi) is 3.84. The van der Waals surface area contributed by atoms with Gasteiger partial charge in [-0.2, -0.15) is 0 Å². The second kappa shape index (κ2) is 5.40. The number of aromatic amines is 1. The Hall–Kier alpha value is -1.89. The highest BCUT2D eigenvalue weighted by molar-refractivity contribution is 5.69. The number of nitrogens with one attached hydrogen (secondary N) is 2. The van der Waals surface area contributed by atoms with Crippen LogP contribution in [0.2, 0.25) is 0 Å². The molecular weight excluding hydrogens is 246 g/mol. The summed E-state index contributed by atoms with van der Waals surface area (Å²) < 4.78 is 3.18. The first-order valence-electron chi connectivity index (χ1n) is 6.56. The van der Waals surface area contributed by atoms with Crippen LogP contribution in [0.4, 0.5) is 0 Å². The Morgan fingerprint density at radius 3 is 2.63 bits per heavy atom. The molecule has 0 fully saturated rings. The molecule has 2 aromatic heterocycles. The summed E-state index contributed by atoms with van der Waals surface area (Å²) in [6.45, 7) is 7.65. The third-order valence-corrected chi connectivity index (χ3v) is 3.54. The first kappa shape index (κ1) is 13.5. The summed E-state index contributed by atoms with van der Waals surface area (Å²) in [5, 5.41) is 0. The van der Waals surface area contributed by atoms with Crippen LogP contribution in [-0.4, -0.2) is 38.7 Å². The van der Waals surface area contributed by atoms with Crippen LogP contribution in [0, 0.1) is 0 Å². The highest BCUT2D eigenvalue weighted by atomic mass is 16.2. The normalized spacial score (nSPS) is 11.6. The highest BCUT2D eigenvalue weighted by Gasteiger charge is 2.13. The lowest BCUT2D eigenvalue weighted by Crippen LogP contribution is -3.11. The number of likely N-dealkylation sites (N-methyl/N-ethyl adjacent to an activating group) is 1. The van der Waals surface area contributed by atoms with Crippen LogP contribution in [0.25, 0.3) is 11.2 Å². The quantitative estimate of drug-likeness (QED) is 0.680. The average molecular weight is 266 g/mol. The fourth-order valence-electron chi connectivity index (χ4n) is 2.28. The molecule has 0 radical (unpaired) electrons. The van der Waals surface area contributed by atoms with E-state index in [-0.39, 0.29) is 11.2 Å². The lowest BCUT2D eigenvalue weighted by atomic mass is 10.4. The molecule has 2 rings (SSSR count). The molecule has 0 bridgehead atoms. The lowest BCUT2D eigenvalue weighted by molar-refractivity contribution is -0.897. The molecular formula is C12H20N5O2+. The van der Waals surface area contributed by atoms with Gasteiger partial charge in [0.2, 0.25) is 0 Å². The van der Waals surface area contributed by atoms with Gasteiger partial charge in [0.05, 0.1) is 32.5 Å². The third-order valence-electron chi connectivity index (χ3n) is 3.54. The van der Waals surface area contributed by atoms with Crippen molar-refractivity contribution in [2.75, 3.05) is 19.6 Å². The fourth-order valence-corrected chi connectivity index (χ4v) is 2.28. The number of quaternary nitrogens is 1. The van der Waals surface area contributed by atoms with Crippen molar-refractivity contribution >= 4 is 11.2 Å². The topological polar surface area (TPSA) is 77.1 Å². The van der Waals surface area contributed by atoms with Gasteiger partial charge in [0.15, 0.2) is 11.2 Å². The zero-order valence-corrected chi connectivity index (χ0v) is 11.6. The van der Waals surface area contributed by atoms with E-state index >= 15 is 0 Å². The van der Waals surface area contributed by atoms with Crippen molar-refractivity contribution in [3.63, 3.8) is 0 Å². The smallest absolute Gasteiger partial charge is 0.330 e. The molecule has 7 nitrogen and oxygen atoms in total. The van der Waals surface area contributed by atoms with E-state index in [0.29, 0.717) is 17.7 Å². The summed E-state index contributed by atoms with van der Waals surface area (Å²) in [7, 11) is 1.75. The molecule has 0 spiro atoms. The van der Waals surface area contributed by atoms with E-state index < -0.39 is 0 Å². The minimum absolute atomic E-state index is 0.383. The molecule has 19 heavy (non-hydrogen) atoms. The van der Waals surface area contributed by atoms with Crippen molar-refractivity contribution in [2.24, 2.45) is 7.05 Å². The van der Waals surface area contributed by atoms with Crippen LogP contribution < -0.4 is 16.1 Å². The number of hydrogen-bond donors (Lipinski definition) is 2. The average Bonchev–Trinajstić information content (AvgIpc) is 2.76. The summed E-state index contributed by atoms with van der Waals surface area (Å²) in [6.07, 6.45) is 1.56. The van der Waals surface area contributed by atoms with E-state index in [0.717, 1.165) is 19.6 Å². The van der Waals surface area contributed by atoms with Crippen molar-refractivity contribution < 1.29 is 4.90 Å². The van der Waals surface area contributed by atoms with E-state index in [9.17, 15) is 9.59 Å². The monoisotopic (exact) mass is 266 g/mol. The van der Waals surface area contributed by atoms with Gasteiger partial charge in [-0.05, 0) is 13.8 Å². The van der Waals surface area contributed by atoms with Gasteiger partial charge in [0, 0.05) is 7.05 Å². The molecule has 7 heteroatoms. The second-order valence-corrected chi connectivity index (χ2v) is 4.65. The Morgan fingerprint density at radius 2 is 2.00 bits per heavy atom. The maximum Gasteiger partial charge on any atom is 0.330 e. The van der Waals surface area contributed by atoms with Crippen LogP contribution in [0.3, 0.4) is 0 Å². The van der Waals surface area contributed by atoms with E-state index in [2.05, 4.69) is 23.8 Å². The van der Waals surface area contributed by atoms with Gasteiger partial charge in [-0.25, -0.2) is 9.78 Å². The van der Waals surface area contributed by atoms with E-state index in [4.69, 9.17) is 0 Å². The predicted octanol–water partition coefficient (Wildman–Crippen LogP) is -1.65. The van der Waals surface area contributed by atoms with Crippen molar-refractivity contribution in [3.05, 3.63) is 27.2 Å². The fraction of sp³-hybridized carbons (Fsp3) is 0.583. The molecule has 0 atom stereocenters. The van der Waals surface area contributed by atoms with E-state index in [1.165, 1.54) is 4.90 Å². The largest absolute Gasteiger partial charge is 0.334 e. The summed E-state index contributed by atoms with van der Waals surface area (Å²) in [5.41, 5.74) is 0.131. The number of aryl methyl sites for hydroxylation is 1. The minimum atomic E-state index is -0.386. The Labute approximate surface area is 110 Å². The summed E-state index contributed by atoms with van der Waals surface area (Å²) in [6, 6.07) is 0. The lowest BCUT2D eigenvalue weighted by Gasteiger charge is -2.15. The maximum atomic E-state index is 11.9. The molecule has 0 unspecified atom stereocenters. The molecule has 0 aliphatic carbocycles. The van der Waals surface area contributed by atoms with Crippen LogP contribution in [0.1, 0.15) is 13.8 Å². The zero-order valence-electron chi connectivity index (χ0n) is 11.6. The summed E-state index contributed by atoms with van der Waals surface area (Å²) >= 11 is 0. The number of aromatic nitrogens is 4. The van der Waals surface area contributed by atoms with Gasteiger partial charge in [-0.3, -0.25) is 14.3 Å². The third kappa shape index (κ3) is 2.46. The van der Waals surface area contributed by atoms with Crippen LogP contribution in [-0.2, 0) is 13.6 Å². The van der Waals surface area contributed by atoms with E-state index in [1.807, 2.05) is 0 Å². The number of H-pyrrole nitrogens is 1. The maximum absolute atomic E-state index is 11.9. The number of imidazole rings is 1. The van der Waals surface area contributed by atoms with Gasteiger partial charge in [0.25, 0.3) is 5.56 Å². The van der Waals surface area contributed by atoms with Crippen molar-refractivity contribution in [1.82, 2.24) is 19.1 Å². The van der Waals surface area contributed by atoms with Crippen LogP contribution in [0.15, 0.2) is 15.9 Å². The minimum Gasteiger partial charge on any atom is -0.334 e. The SMILES string of the molecule is CC[NH+](CC)CCn1c(=O)[nH]c(=O)c2c1ncn2C. The second-order valence-electron chi connectivity index (χ2n) is 4.65. The molecule has 104 valence electrons. The van der Waals surface area contributed by atoms with Gasteiger partial charge in [0.1, 0.15) is 0 Å². The molecule has 2 heterocycles. The number of fused-ring (bicyclic) bond motifs is 1. The zero-order chi connectivity index (χ0) is 14.0. The molecule has 0 aliphatic heterocycles. The number of hydrogen-bond acceptors (Lipinski definition) is 3. The predicted molar refractivity (Wildman–Crippen MR) is 72.5 cm³/mol. The van der Waals surface area contributed by atoms with Crippen molar-refractivity contribution in [2.45, 2.75) is 20.4 Å². The van der Waals surface area contributed by atoms with Gasteiger partial charge >= 0.3 is 5.69 Å². The van der Waals surface area contributed by atoms with Crippen molar-refractivity contribution in [1.29, 1.82) is 0 Å². The summed E-state index contributed by atoms with van der Waals surface area (Å²) in [5.74, 6) is 0. The van der Waals surface area contributed by atoms with Gasteiger partial charge in [-0.1, -0.05) is 0 Å². The first-order chi connectivity index (χ1) is 9.08. The van der Waals surface area contributed by atoms with Gasteiger partial charge in [-0.15, -0.1) is 0 Å². The molecule has 0 aliphatic rings. The molecule has 0 aromatic carbocycles. The Morgan fingerprint density at radius 1 is 1.32 bits per heavy atom. The molecule has 2 N–H and O–H groups in total.